The predicted octanol–water partition coefficient (Wildman–Crippen LogP) is -0.920. The Labute approximate surface area is 105 Å². The normalized spacial score (nSPS) is 15.3. The van der Waals surface area contributed by atoms with Crippen molar-refractivity contribution in [2.45, 2.75) is 0 Å². The maximum absolute atomic E-state index is 12.1. The minimum absolute atomic E-state index is 0.0207. The molecule has 1 aromatic carbocycles. The lowest BCUT2D eigenvalue weighted by molar-refractivity contribution is 0.0736. The van der Waals surface area contributed by atoms with Crippen LogP contribution in [-0.2, 0) is 0 Å². The lowest BCUT2D eigenvalue weighted by atomic mass is 10.1. The maximum atomic E-state index is 12.1. The first kappa shape index (κ1) is 12.9. The molecule has 18 heavy (non-hydrogen) atoms. The van der Waals surface area contributed by atoms with Gasteiger partial charge < -0.3 is 24.9 Å². The van der Waals surface area contributed by atoms with Crippen LogP contribution < -0.4 is 9.97 Å². The van der Waals surface area contributed by atoms with Gasteiger partial charge >= 0.3 is 7.32 Å². The molecular weight excluding hydrogens is 235 g/mol. The number of hydrogen-bond donors (Lipinski definition) is 3. The minimum Gasteiger partial charge on any atom is -0.512 e. The Balaban J connectivity index is 2.02. The molecule has 96 valence electrons. The zero-order valence-corrected chi connectivity index (χ0v) is 9.87. The van der Waals surface area contributed by atoms with Crippen LogP contribution in [-0.4, -0.2) is 54.4 Å². The molecule has 6 nitrogen and oxygen atoms in total. The Hall–Kier alpha value is -1.57. The van der Waals surface area contributed by atoms with Crippen molar-refractivity contribution >= 4 is 13.2 Å². The highest BCUT2D eigenvalue weighted by Crippen LogP contribution is 2.14. The standard InChI is InChI=1S/C11H15BN2O4/c15-11(14-7-5-13-6-8-14)9-1-3-10(4-2-9)18-12(16)17/h1-4,13,16-17H,5-8H2. The summed E-state index contributed by atoms with van der Waals surface area (Å²) < 4.78 is 4.67. The number of hydrogen-bond acceptors (Lipinski definition) is 5. The van der Waals surface area contributed by atoms with Crippen LogP contribution in [0.3, 0.4) is 0 Å². The highest BCUT2D eigenvalue weighted by Gasteiger charge is 2.18. The number of nitrogens with one attached hydrogen (secondary N) is 1. The Morgan fingerprint density at radius 2 is 1.83 bits per heavy atom. The Morgan fingerprint density at radius 3 is 2.39 bits per heavy atom. The third-order valence-electron chi connectivity index (χ3n) is 2.75. The fourth-order valence-corrected chi connectivity index (χ4v) is 1.85. The second-order valence-electron chi connectivity index (χ2n) is 4.01. The van der Waals surface area contributed by atoms with Crippen molar-refractivity contribution in [1.29, 1.82) is 0 Å². The minimum atomic E-state index is -1.85. The maximum Gasteiger partial charge on any atom is 0.707 e. The molecule has 0 saturated carbocycles. The number of carbonyl (C=O) groups is 1. The summed E-state index contributed by atoms with van der Waals surface area (Å²) >= 11 is 0. The van der Waals surface area contributed by atoms with Gasteiger partial charge in [-0.2, -0.15) is 0 Å². The third kappa shape index (κ3) is 3.22. The Bertz CT molecular complexity index is 404. The molecule has 0 aromatic heterocycles. The molecule has 0 atom stereocenters. The number of amides is 1. The van der Waals surface area contributed by atoms with Crippen molar-refractivity contribution in [1.82, 2.24) is 10.2 Å². The monoisotopic (exact) mass is 250 g/mol. The van der Waals surface area contributed by atoms with Gasteiger partial charge in [0.05, 0.1) is 0 Å². The molecule has 1 saturated heterocycles. The van der Waals surface area contributed by atoms with Crippen molar-refractivity contribution < 1.29 is 19.5 Å². The van der Waals surface area contributed by atoms with Crippen LogP contribution in [0.2, 0.25) is 0 Å². The second-order valence-corrected chi connectivity index (χ2v) is 4.01. The first-order chi connectivity index (χ1) is 8.66. The summed E-state index contributed by atoms with van der Waals surface area (Å²) in [5.74, 6) is 0.287. The van der Waals surface area contributed by atoms with Crippen LogP contribution in [0.1, 0.15) is 10.4 Å². The van der Waals surface area contributed by atoms with E-state index in [0.29, 0.717) is 24.4 Å². The zero-order chi connectivity index (χ0) is 13.0. The number of rotatable bonds is 3. The van der Waals surface area contributed by atoms with Gasteiger partial charge in [-0.05, 0) is 24.3 Å². The zero-order valence-electron chi connectivity index (χ0n) is 9.87. The number of carbonyl (C=O) groups excluding carboxylic acids is 1. The van der Waals surface area contributed by atoms with Gasteiger partial charge in [-0.15, -0.1) is 0 Å². The highest BCUT2D eigenvalue weighted by molar-refractivity contribution is 6.33. The summed E-state index contributed by atoms with van der Waals surface area (Å²) in [6, 6.07) is 6.30. The molecule has 1 aromatic rings. The lowest BCUT2D eigenvalue weighted by Crippen LogP contribution is -2.46. The predicted molar refractivity (Wildman–Crippen MR) is 66.0 cm³/mol. The molecule has 0 aliphatic carbocycles. The van der Waals surface area contributed by atoms with E-state index in [1.54, 1.807) is 17.0 Å². The molecule has 2 rings (SSSR count). The molecule has 0 radical (unpaired) electrons. The average Bonchev–Trinajstić information content (AvgIpc) is 2.39. The van der Waals surface area contributed by atoms with Crippen LogP contribution in [0.4, 0.5) is 0 Å². The van der Waals surface area contributed by atoms with E-state index in [9.17, 15) is 4.79 Å². The van der Waals surface area contributed by atoms with E-state index >= 15 is 0 Å². The van der Waals surface area contributed by atoms with Gasteiger partial charge in [-0.25, -0.2) is 0 Å². The summed E-state index contributed by atoms with van der Waals surface area (Å²) in [5.41, 5.74) is 0.566. The third-order valence-corrected chi connectivity index (χ3v) is 2.75. The SMILES string of the molecule is O=C(c1ccc(OB(O)O)cc1)N1CCNCC1. The van der Waals surface area contributed by atoms with Crippen molar-refractivity contribution in [2.24, 2.45) is 0 Å². The molecule has 0 spiro atoms. The fourth-order valence-electron chi connectivity index (χ4n) is 1.85. The van der Waals surface area contributed by atoms with E-state index in [-0.39, 0.29) is 5.91 Å². The largest absolute Gasteiger partial charge is 0.707 e. The van der Waals surface area contributed by atoms with E-state index in [1.807, 2.05) is 0 Å². The molecule has 0 unspecified atom stereocenters. The van der Waals surface area contributed by atoms with Gasteiger partial charge in [0, 0.05) is 31.7 Å². The van der Waals surface area contributed by atoms with Crippen LogP contribution in [0.5, 0.6) is 5.75 Å². The van der Waals surface area contributed by atoms with Gasteiger partial charge in [0.2, 0.25) is 0 Å². The summed E-state index contributed by atoms with van der Waals surface area (Å²) in [7, 11) is -1.85. The number of piperazine rings is 1. The molecule has 1 aliphatic rings. The van der Waals surface area contributed by atoms with E-state index in [1.165, 1.54) is 12.1 Å². The quantitative estimate of drug-likeness (QED) is 0.604. The van der Waals surface area contributed by atoms with Crippen molar-refractivity contribution in [3.8, 4) is 5.75 Å². The van der Waals surface area contributed by atoms with Gasteiger partial charge in [0.1, 0.15) is 5.75 Å². The van der Waals surface area contributed by atoms with E-state index in [2.05, 4.69) is 9.97 Å². The molecule has 1 fully saturated rings. The van der Waals surface area contributed by atoms with Crippen molar-refractivity contribution in [3.63, 3.8) is 0 Å². The van der Waals surface area contributed by atoms with E-state index in [4.69, 9.17) is 10.0 Å². The fraction of sp³-hybridized carbons (Fsp3) is 0.364. The average molecular weight is 250 g/mol. The smallest absolute Gasteiger partial charge is 0.512 e. The molecular formula is C11H15BN2O4. The van der Waals surface area contributed by atoms with E-state index in [0.717, 1.165) is 13.1 Å². The molecule has 7 heteroatoms. The molecule has 1 aliphatic heterocycles. The van der Waals surface area contributed by atoms with Crippen molar-refractivity contribution in [2.75, 3.05) is 26.2 Å². The molecule has 0 bridgehead atoms. The summed E-state index contributed by atoms with van der Waals surface area (Å²) in [5, 5.41) is 20.5. The second kappa shape index (κ2) is 5.86. The van der Waals surface area contributed by atoms with Gasteiger partial charge in [-0.1, -0.05) is 0 Å². The molecule has 3 N–H and O–H groups in total. The number of benzene rings is 1. The first-order valence-corrected chi connectivity index (χ1v) is 5.79. The summed E-state index contributed by atoms with van der Waals surface area (Å²) in [4.78, 5) is 13.9. The number of nitrogens with zero attached hydrogens (tertiary/aromatic N) is 1. The van der Waals surface area contributed by atoms with Gasteiger partial charge in [0.15, 0.2) is 0 Å². The first-order valence-electron chi connectivity index (χ1n) is 5.79. The van der Waals surface area contributed by atoms with E-state index < -0.39 is 7.32 Å². The Morgan fingerprint density at radius 1 is 1.22 bits per heavy atom. The molecule has 1 amide bonds. The van der Waals surface area contributed by atoms with Crippen LogP contribution in [0.25, 0.3) is 0 Å². The Kier molecular flexibility index (Phi) is 4.19. The van der Waals surface area contributed by atoms with Crippen LogP contribution in [0.15, 0.2) is 24.3 Å². The van der Waals surface area contributed by atoms with Crippen LogP contribution >= 0.6 is 0 Å². The van der Waals surface area contributed by atoms with Gasteiger partial charge in [-0.3, -0.25) is 4.79 Å². The lowest BCUT2D eigenvalue weighted by Gasteiger charge is -2.27. The van der Waals surface area contributed by atoms with Crippen molar-refractivity contribution in [3.05, 3.63) is 29.8 Å². The summed E-state index contributed by atoms with van der Waals surface area (Å²) in [6.45, 7) is 3.02. The molecule has 1 heterocycles. The highest BCUT2D eigenvalue weighted by atomic mass is 16.6. The summed E-state index contributed by atoms with van der Waals surface area (Å²) in [6.07, 6.45) is 0. The topological polar surface area (TPSA) is 82.0 Å². The van der Waals surface area contributed by atoms with Crippen LogP contribution in [0, 0.1) is 0 Å². The van der Waals surface area contributed by atoms with Gasteiger partial charge in [0.25, 0.3) is 5.91 Å².